The quantitative estimate of drug-likeness (QED) is 0.529. The molecule has 0 bridgehead atoms. The van der Waals surface area contributed by atoms with Gasteiger partial charge in [-0.2, -0.15) is 0 Å². The predicted molar refractivity (Wildman–Crippen MR) is 123 cm³/mol. The maximum absolute atomic E-state index is 13.4. The minimum Gasteiger partial charge on any atom is -0.497 e. The molecule has 1 aliphatic heterocycles. The number of halogens is 1. The van der Waals surface area contributed by atoms with Gasteiger partial charge in [0.25, 0.3) is 10.0 Å². The fourth-order valence-electron chi connectivity index (χ4n) is 3.26. The summed E-state index contributed by atoms with van der Waals surface area (Å²) in [4.78, 5) is 13.1. The molecule has 3 aromatic rings. The molecule has 0 amide bonds. The molecule has 0 fully saturated rings. The molecule has 9 heteroatoms. The summed E-state index contributed by atoms with van der Waals surface area (Å²) in [6, 6.07) is 16.0. The predicted octanol–water partition coefficient (Wildman–Crippen LogP) is 4.57. The Labute approximate surface area is 189 Å². The fourth-order valence-corrected chi connectivity index (χ4v) is 5.89. The van der Waals surface area contributed by atoms with Gasteiger partial charge < -0.3 is 10.1 Å². The minimum absolute atomic E-state index is 0.101. The zero-order chi connectivity index (χ0) is 22.0. The summed E-state index contributed by atoms with van der Waals surface area (Å²) >= 11 is 7.17. The van der Waals surface area contributed by atoms with Crippen LogP contribution in [0.15, 0.2) is 71.1 Å². The number of fused-ring (bicyclic) bond motifs is 1. The third kappa shape index (κ3) is 4.32. The van der Waals surface area contributed by atoms with Gasteiger partial charge in [0.05, 0.1) is 19.3 Å². The smallest absolute Gasteiger partial charge is 0.270 e. The third-order valence-corrected chi connectivity index (χ3v) is 7.74. The Balaban J connectivity index is 1.64. The van der Waals surface area contributed by atoms with Gasteiger partial charge in [-0.1, -0.05) is 35.9 Å². The minimum atomic E-state index is -4.04. The van der Waals surface area contributed by atoms with Gasteiger partial charge in [0.2, 0.25) is 5.78 Å². The highest BCUT2D eigenvalue weighted by Crippen LogP contribution is 2.39. The number of nitrogens with zero attached hydrogens (tertiary/aromatic N) is 1. The highest BCUT2D eigenvalue weighted by Gasteiger charge is 2.41. The van der Waals surface area contributed by atoms with Gasteiger partial charge in [-0.15, -0.1) is 11.3 Å². The summed E-state index contributed by atoms with van der Waals surface area (Å²) in [5.74, 6) is 0.196. The first-order chi connectivity index (χ1) is 14.9. The first kappa shape index (κ1) is 21.4. The van der Waals surface area contributed by atoms with E-state index in [-0.39, 0.29) is 11.4 Å². The van der Waals surface area contributed by atoms with Crippen molar-refractivity contribution in [2.24, 2.45) is 0 Å². The Morgan fingerprint density at radius 2 is 1.90 bits per heavy atom. The van der Waals surface area contributed by atoms with Crippen molar-refractivity contribution in [3.63, 3.8) is 0 Å². The average molecular weight is 475 g/mol. The summed E-state index contributed by atoms with van der Waals surface area (Å²) < 4.78 is 33.2. The molecule has 2 heterocycles. The SMILES string of the molecule is COc1cccc(CNC=C2C(=O)c3sccc3N(Cc3ccc(Cl)cc3)S2(=O)=O)c1. The number of nitrogens with one attached hydrogen (secondary N) is 1. The van der Waals surface area contributed by atoms with Gasteiger partial charge in [0.15, 0.2) is 4.91 Å². The van der Waals surface area contributed by atoms with Crippen LogP contribution in [0.25, 0.3) is 0 Å². The zero-order valence-corrected chi connectivity index (χ0v) is 18.9. The van der Waals surface area contributed by atoms with Gasteiger partial charge in [-0.25, -0.2) is 8.42 Å². The van der Waals surface area contributed by atoms with Gasteiger partial charge in [-0.05, 0) is 46.8 Å². The lowest BCUT2D eigenvalue weighted by Crippen LogP contribution is -2.38. The number of anilines is 1. The first-order valence-corrected chi connectivity index (χ1v) is 12.1. The van der Waals surface area contributed by atoms with Crippen LogP contribution < -0.4 is 14.4 Å². The van der Waals surface area contributed by atoms with Crippen molar-refractivity contribution < 1.29 is 17.9 Å². The van der Waals surface area contributed by atoms with Crippen molar-refractivity contribution in [1.82, 2.24) is 5.32 Å². The van der Waals surface area contributed by atoms with Crippen molar-refractivity contribution in [3.8, 4) is 5.75 Å². The number of ketones is 1. The monoisotopic (exact) mass is 474 g/mol. The number of methoxy groups -OCH3 is 1. The van der Waals surface area contributed by atoms with Gasteiger partial charge in [-0.3, -0.25) is 9.10 Å². The number of hydrogen-bond donors (Lipinski definition) is 1. The molecule has 2 aromatic carbocycles. The van der Waals surface area contributed by atoms with Crippen molar-refractivity contribution in [1.29, 1.82) is 0 Å². The van der Waals surface area contributed by atoms with Crippen molar-refractivity contribution >= 4 is 44.4 Å². The van der Waals surface area contributed by atoms with Crippen LogP contribution in [0, 0.1) is 0 Å². The molecule has 0 unspecified atom stereocenters. The molecule has 1 aromatic heterocycles. The average Bonchev–Trinajstić information content (AvgIpc) is 3.25. The van der Waals surface area contributed by atoms with E-state index in [0.717, 1.165) is 11.1 Å². The lowest BCUT2D eigenvalue weighted by molar-refractivity contribution is 0.104. The zero-order valence-electron chi connectivity index (χ0n) is 16.5. The Hall–Kier alpha value is -2.81. The van der Waals surface area contributed by atoms with Gasteiger partial charge in [0.1, 0.15) is 10.6 Å². The van der Waals surface area contributed by atoms with E-state index < -0.39 is 15.8 Å². The number of benzene rings is 2. The molecule has 1 N–H and O–H groups in total. The molecule has 0 radical (unpaired) electrons. The highest BCUT2D eigenvalue weighted by molar-refractivity contribution is 7.97. The van der Waals surface area contributed by atoms with E-state index in [4.69, 9.17) is 16.3 Å². The van der Waals surface area contributed by atoms with Crippen LogP contribution in [0.1, 0.15) is 20.8 Å². The van der Waals surface area contributed by atoms with Crippen LogP contribution in [-0.4, -0.2) is 21.3 Å². The Morgan fingerprint density at radius 1 is 1.13 bits per heavy atom. The second-order valence-corrected chi connectivity index (χ2v) is 10.0. The molecule has 0 aliphatic carbocycles. The lowest BCUT2D eigenvalue weighted by atomic mass is 10.2. The lowest BCUT2D eigenvalue weighted by Gasteiger charge is -2.29. The normalized spacial score (nSPS) is 16.3. The van der Waals surface area contributed by atoms with E-state index in [1.807, 2.05) is 24.3 Å². The number of carbonyl (C=O) groups is 1. The summed E-state index contributed by atoms with van der Waals surface area (Å²) in [5.41, 5.74) is 2.06. The Bertz CT molecular complexity index is 1250. The number of carbonyl (C=O) groups excluding carboxylic acids is 1. The topological polar surface area (TPSA) is 75.7 Å². The Morgan fingerprint density at radius 3 is 2.65 bits per heavy atom. The summed E-state index contributed by atoms with van der Waals surface area (Å²) in [6.45, 7) is 0.446. The molecule has 31 heavy (non-hydrogen) atoms. The highest BCUT2D eigenvalue weighted by atomic mass is 35.5. The summed E-state index contributed by atoms with van der Waals surface area (Å²) in [6.07, 6.45) is 1.29. The second-order valence-electron chi connectivity index (χ2n) is 6.84. The summed E-state index contributed by atoms with van der Waals surface area (Å²) in [7, 11) is -2.46. The number of Topliss-reactive ketones (excluding diaryl/α,β-unsaturated/α-hetero) is 1. The Kier molecular flexibility index (Phi) is 6.04. The number of allylic oxidation sites excluding steroid dienone is 1. The molecule has 0 saturated heterocycles. The molecular formula is C22H19ClN2O4S2. The molecule has 4 rings (SSSR count). The van der Waals surface area contributed by atoms with E-state index in [2.05, 4.69) is 5.32 Å². The number of hydrogen-bond acceptors (Lipinski definition) is 6. The van der Waals surface area contributed by atoms with Crippen LogP contribution in [0.4, 0.5) is 5.69 Å². The van der Waals surface area contributed by atoms with Crippen molar-refractivity contribution in [2.75, 3.05) is 11.4 Å². The number of ether oxygens (including phenoxy) is 1. The molecule has 0 atom stereocenters. The van der Waals surface area contributed by atoms with Crippen LogP contribution in [0.5, 0.6) is 5.75 Å². The van der Waals surface area contributed by atoms with E-state index in [0.29, 0.717) is 27.9 Å². The second kappa shape index (κ2) is 8.74. The molecule has 160 valence electrons. The maximum Gasteiger partial charge on any atom is 0.270 e. The number of rotatable bonds is 6. The molecular weight excluding hydrogens is 456 g/mol. The van der Waals surface area contributed by atoms with Crippen LogP contribution in [0.3, 0.4) is 0 Å². The van der Waals surface area contributed by atoms with Crippen molar-refractivity contribution in [2.45, 2.75) is 13.1 Å². The van der Waals surface area contributed by atoms with Crippen LogP contribution >= 0.6 is 22.9 Å². The summed E-state index contributed by atoms with van der Waals surface area (Å²) in [5, 5.41) is 5.26. The van der Waals surface area contributed by atoms with Crippen LogP contribution in [0.2, 0.25) is 5.02 Å². The van der Waals surface area contributed by atoms with Crippen molar-refractivity contribution in [3.05, 3.63) is 92.1 Å². The molecule has 0 spiro atoms. The van der Waals surface area contributed by atoms with E-state index in [1.54, 1.807) is 42.8 Å². The first-order valence-electron chi connectivity index (χ1n) is 9.36. The fraction of sp³-hybridized carbons (Fsp3) is 0.136. The van der Waals surface area contributed by atoms with E-state index >= 15 is 0 Å². The third-order valence-electron chi connectivity index (χ3n) is 4.82. The van der Waals surface area contributed by atoms with E-state index in [9.17, 15) is 13.2 Å². The number of thiophene rings is 1. The molecule has 6 nitrogen and oxygen atoms in total. The molecule has 0 saturated carbocycles. The van der Waals surface area contributed by atoms with Crippen LogP contribution in [-0.2, 0) is 23.1 Å². The van der Waals surface area contributed by atoms with E-state index in [1.165, 1.54) is 21.8 Å². The van der Waals surface area contributed by atoms with Gasteiger partial charge >= 0.3 is 0 Å². The largest absolute Gasteiger partial charge is 0.497 e. The standard InChI is InChI=1S/C22H19ClN2O4S2/c1-29-18-4-2-3-16(11-18)12-24-13-20-21(26)22-19(9-10-30-22)25(31(20,27)28)14-15-5-7-17(23)8-6-15/h2-11,13,24H,12,14H2,1H3. The maximum atomic E-state index is 13.4. The molecule has 1 aliphatic rings. The number of sulfonamides is 1. The van der Waals surface area contributed by atoms with Gasteiger partial charge in [0, 0.05) is 17.8 Å².